The van der Waals surface area contributed by atoms with Crippen LogP contribution in [0.3, 0.4) is 0 Å². The number of esters is 1. The highest BCUT2D eigenvalue weighted by Crippen LogP contribution is 2.37. The summed E-state index contributed by atoms with van der Waals surface area (Å²) >= 11 is 3.76. The predicted octanol–water partition coefficient (Wildman–Crippen LogP) is 3.37. The minimum absolute atomic E-state index is 0.0290. The SMILES string of the molecule is CC(C)(C)OC(=O)CN(C(=O)C(F)(F)F)c1scc(Br)c1CC(=O)O. The van der Waals surface area contributed by atoms with E-state index in [-0.39, 0.29) is 19.9 Å². The van der Waals surface area contributed by atoms with Crippen molar-refractivity contribution in [2.75, 3.05) is 11.4 Å². The van der Waals surface area contributed by atoms with Gasteiger partial charge in [-0.25, -0.2) is 0 Å². The highest BCUT2D eigenvalue weighted by atomic mass is 79.9. The fraction of sp³-hybridized carbons (Fsp3) is 0.500. The number of halogens is 4. The van der Waals surface area contributed by atoms with Gasteiger partial charge < -0.3 is 9.84 Å². The lowest BCUT2D eigenvalue weighted by molar-refractivity contribution is -0.171. The molecule has 0 spiro atoms. The normalized spacial score (nSPS) is 12.0. The number of hydrogen-bond donors (Lipinski definition) is 1. The quantitative estimate of drug-likeness (QED) is 0.702. The van der Waals surface area contributed by atoms with Crippen LogP contribution < -0.4 is 4.90 Å². The number of thiophene rings is 1. The Hall–Kier alpha value is -1.62. The Kier molecular flexibility index (Phi) is 6.62. The first kappa shape index (κ1) is 21.4. The lowest BCUT2D eigenvalue weighted by atomic mass is 10.2. The minimum atomic E-state index is -5.24. The Morgan fingerprint density at radius 2 is 1.84 bits per heavy atom. The summed E-state index contributed by atoms with van der Waals surface area (Å²) < 4.78 is 43.9. The molecule has 11 heteroatoms. The lowest BCUT2D eigenvalue weighted by Crippen LogP contribution is -2.45. The van der Waals surface area contributed by atoms with Crippen LogP contribution in [-0.4, -0.2) is 41.3 Å². The summed E-state index contributed by atoms with van der Waals surface area (Å²) in [5, 5.41) is 9.99. The maximum Gasteiger partial charge on any atom is 0.471 e. The summed E-state index contributed by atoms with van der Waals surface area (Å²) in [6.07, 6.45) is -5.85. The van der Waals surface area contributed by atoms with Gasteiger partial charge >= 0.3 is 24.0 Å². The van der Waals surface area contributed by atoms with Gasteiger partial charge in [0.2, 0.25) is 0 Å². The van der Waals surface area contributed by atoms with Gasteiger partial charge in [0, 0.05) is 15.4 Å². The van der Waals surface area contributed by atoms with E-state index in [1.165, 1.54) is 26.2 Å². The van der Waals surface area contributed by atoms with Gasteiger partial charge in [0.25, 0.3) is 0 Å². The molecule has 0 radical (unpaired) electrons. The van der Waals surface area contributed by atoms with Gasteiger partial charge in [0.05, 0.1) is 6.42 Å². The largest absolute Gasteiger partial charge is 0.481 e. The number of carboxylic acids is 1. The third-order valence-corrected chi connectivity index (χ3v) is 4.64. The molecule has 1 aromatic heterocycles. The van der Waals surface area contributed by atoms with Gasteiger partial charge in [-0.05, 0) is 36.7 Å². The number of carbonyl (C=O) groups excluding carboxylic acids is 2. The molecular formula is C14H15BrF3NO5S. The van der Waals surface area contributed by atoms with Crippen molar-refractivity contribution in [3.05, 3.63) is 15.4 Å². The summed E-state index contributed by atoms with van der Waals surface area (Å²) in [6, 6.07) is 0. The van der Waals surface area contributed by atoms with E-state index in [1.54, 1.807) is 0 Å². The van der Waals surface area contributed by atoms with Gasteiger partial charge in [0.1, 0.15) is 17.1 Å². The first-order valence-corrected chi connectivity index (χ1v) is 8.48. The topological polar surface area (TPSA) is 83.9 Å². The number of carbonyl (C=O) groups is 3. The van der Waals surface area contributed by atoms with E-state index in [0.717, 1.165) is 11.3 Å². The fourth-order valence-electron chi connectivity index (χ4n) is 1.78. The Bertz CT molecular complexity index is 681. The van der Waals surface area contributed by atoms with Crippen LogP contribution in [0.4, 0.5) is 18.2 Å². The Labute approximate surface area is 153 Å². The van der Waals surface area contributed by atoms with Gasteiger partial charge in [-0.2, -0.15) is 13.2 Å². The van der Waals surface area contributed by atoms with Crippen molar-refractivity contribution in [2.24, 2.45) is 0 Å². The van der Waals surface area contributed by atoms with E-state index >= 15 is 0 Å². The highest BCUT2D eigenvalue weighted by molar-refractivity contribution is 9.10. The van der Waals surface area contributed by atoms with Crippen LogP contribution >= 0.6 is 27.3 Å². The summed E-state index contributed by atoms with van der Waals surface area (Å²) in [4.78, 5) is 34.8. The fourth-order valence-corrected chi connectivity index (χ4v) is 3.48. The standard InChI is InChI=1S/C14H15BrF3NO5S/c1-13(2,3)24-10(22)5-19(12(23)14(16,17)18)11-7(4-9(20)21)8(15)6-25-11/h6H,4-5H2,1-3H3,(H,20,21). The van der Waals surface area contributed by atoms with Crippen LogP contribution in [0.2, 0.25) is 0 Å². The number of amides is 1. The first-order chi connectivity index (χ1) is 11.2. The maximum absolute atomic E-state index is 12.9. The van der Waals surface area contributed by atoms with Crippen molar-refractivity contribution in [1.29, 1.82) is 0 Å². The van der Waals surface area contributed by atoms with E-state index in [0.29, 0.717) is 0 Å². The van der Waals surface area contributed by atoms with Gasteiger partial charge in [0.15, 0.2) is 0 Å². The molecule has 140 valence electrons. The molecule has 0 fully saturated rings. The molecule has 0 saturated carbocycles. The molecule has 1 N–H and O–H groups in total. The third-order valence-electron chi connectivity index (χ3n) is 2.59. The molecular weight excluding hydrogens is 431 g/mol. The molecule has 1 amide bonds. The molecule has 1 aromatic rings. The summed E-state index contributed by atoms with van der Waals surface area (Å²) in [6.45, 7) is 3.59. The third kappa shape index (κ3) is 6.31. The van der Waals surface area contributed by atoms with Crippen molar-refractivity contribution >= 4 is 50.1 Å². The number of anilines is 1. The van der Waals surface area contributed by atoms with Gasteiger partial charge in [-0.1, -0.05) is 0 Å². The number of rotatable bonds is 5. The van der Waals surface area contributed by atoms with E-state index in [9.17, 15) is 27.6 Å². The van der Waals surface area contributed by atoms with E-state index in [4.69, 9.17) is 9.84 Å². The molecule has 6 nitrogen and oxygen atoms in total. The zero-order valence-electron chi connectivity index (χ0n) is 13.4. The first-order valence-electron chi connectivity index (χ1n) is 6.80. The lowest BCUT2D eigenvalue weighted by Gasteiger charge is -2.25. The van der Waals surface area contributed by atoms with Crippen molar-refractivity contribution in [3.8, 4) is 0 Å². The summed E-state index contributed by atoms with van der Waals surface area (Å²) in [5.74, 6) is -4.62. The van der Waals surface area contributed by atoms with Crippen LogP contribution in [0, 0.1) is 0 Å². The summed E-state index contributed by atoms with van der Waals surface area (Å²) in [5.41, 5.74) is -0.983. The minimum Gasteiger partial charge on any atom is -0.481 e. The monoisotopic (exact) mass is 445 g/mol. The van der Waals surface area contributed by atoms with Crippen LogP contribution in [-0.2, 0) is 25.5 Å². The zero-order valence-corrected chi connectivity index (χ0v) is 15.8. The molecule has 0 aliphatic heterocycles. The molecule has 0 atom stereocenters. The smallest absolute Gasteiger partial charge is 0.471 e. The van der Waals surface area contributed by atoms with E-state index < -0.39 is 42.6 Å². The number of carboxylic acid groups (broad SMARTS) is 1. The molecule has 25 heavy (non-hydrogen) atoms. The van der Waals surface area contributed by atoms with Crippen molar-refractivity contribution in [3.63, 3.8) is 0 Å². The maximum atomic E-state index is 12.9. The summed E-state index contributed by atoms with van der Waals surface area (Å²) in [7, 11) is 0. The number of alkyl halides is 3. The molecule has 1 heterocycles. The molecule has 0 aromatic carbocycles. The van der Waals surface area contributed by atoms with Crippen molar-refractivity contribution in [1.82, 2.24) is 0 Å². The highest BCUT2D eigenvalue weighted by Gasteiger charge is 2.45. The second-order valence-electron chi connectivity index (χ2n) is 5.91. The second-order valence-corrected chi connectivity index (χ2v) is 7.63. The molecule has 0 aliphatic rings. The molecule has 1 rings (SSSR count). The van der Waals surface area contributed by atoms with Crippen molar-refractivity contribution < 1.29 is 37.4 Å². The average molecular weight is 446 g/mol. The number of hydrogen-bond acceptors (Lipinski definition) is 5. The van der Waals surface area contributed by atoms with Crippen LogP contribution in [0.1, 0.15) is 26.3 Å². The number of nitrogens with zero attached hydrogens (tertiary/aromatic N) is 1. The number of ether oxygens (including phenoxy) is 1. The average Bonchev–Trinajstić information content (AvgIpc) is 2.73. The van der Waals surface area contributed by atoms with Crippen molar-refractivity contribution in [2.45, 2.75) is 39.0 Å². The second kappa shape index (κ2) is 7.73. The Morgan fingerprint density at radius 1 is 1.28 bits per heavy atom. The predicted molar refractivity (Wildman–Crippen MR) is 87.6 cm³/mol. The number of aliphatic carboxylic acids is 1. The Balaban J connectivity index is 3.27. The van der Waals surface area contributed by atoms with Gasteiger partial charge in [-0.15, -0.1) is 11.3 Å². The van der Waals surface area contributed by atoms with E-state index in [2.05, 4.69) is 15.9 Å². The van der Waals surface area contributed by atoms with Crippen LogP contribution in [0.15, 0.2) is 9.85 Å². The van der Waals surface area contributed by atoms with Crippen LogP contribution in [0.25, 0.3) is 0 Å². The Morgan fingerprint density at radius 3 is 2.28 bits per heavy atom. The molecule has 0 saturated heterocycles. The molecule has 0 aliphatic carbocycles. The molecule has 0 bridgehead atoms. The zero-order chi connectivity index (χ0) is 19.6. The van der Waals surface area contributed by atoms with Gasteiger partial charge in [-0.3, -0.25) is 19.3 Å². The van der Waals surface area contributed by atoms with E-state index in [1.807, 2.05) is 0 Å². The molecule has 0 unspecified atom stereocenters. The van der Waals surface area contributed by atoms with Crippen LogP contribution in [0.5, 0.6) is 0 Å².